The summed E-state index contributed by atoms with van der Waals surface area (Å²) in [5.74, 6) is 1.07. The maximum Gasteiger partial charge on any atom is 0.270 e. The van der Waals surface area contributed by atoms with E-state index in [1.165, 1.54) is 12.3 Å². The van der Waals surface area contributed by atoms with Crippen LogP contribution in [0.25, 0.3) is 0 Å². The number of aromatic nitrogens is 1. The molecule has 0 saturated carbocycles. The van der Waals surface area contributed by atoms with Crippen LogP contribution in [0.4, 0.5) is 0 Å². The Morgan fingerprint density at radius 3 is 2.71 bits per heavy atom. The van der Waals surface area contributed by atoms with Crippen molar-refractivity contribution in [2.24, 2.45) is 0 Å². The summed E-state index contributed by atoms with van der Waals surface area (Å²) in [5.41, 5.74) is 1.08. The van der Waals surface area contributed by atoms with Crippen molar-refractivity contribution in [2.45, 2.75) is 6.54 Å². The minimum atomic E-state index is -0.303. The van der Waals surface area contributed by atoms with Gasteiger partial charge in [-0.1, -0.05) is 11.6 Å². The zero-order valence-corrected chi connectivity index (χ0v) is 12.5. The Bertz CT molecular complexity index is 647. The topological polar surface area (TPSA) is 60.5 Å². The van der Waals surface area contributed by atoms with Crippen LogP contribution in [0, 0.1) is 0 Å². The number of benzene rings is 1. The molecule has 0 radical (unpaired) electrons. The molecule has 1 aromatic heterocycles. The van der Waals surface area contributed by atoms with Crippen molar-refractivity contribution in [2.75, 3.05) is 14.2 Å². The van der Waals surface area contributed by atoms with Gasteiger partial charge >= 0.3 is 0 Å². The van der Waals surface area contributed by atoms with Gasteiger partial charge in [0.1, 0.15) is 17.2 Å². The maximum absolute atomic E-state index is 12.0. The molecule has 0 bridgehead atoms. The Morgan fingerprint density at radius 2 is 2.05 bits per heavy atom. The summed E-state index contributed by atoms with van der Waals surface area (Å²) in [5, 5.41) is 3.24. The Hall–Kier alpha value is -2.27. The van der Waals surface area contributed by atoms with Gasteiger partial charge in [-0.05, 0) is 30.3 Å². The summed E-state index contributed by atoms with van der Waals surface area (Å²) < 4.78 is 10.4. The first kappa shape index (κ1) is 15.1. The highest BCUT2D eigenvalue weighted by atomic mass is 35.5. The fourth-order valence-corrected chi connectivity index (χ4v) is 1.97. The molecule has 5 nitrogen and oxygen atoms in total. The molecule has 1 amide bonds. The van der Waals surface area contributed by atoms with Crippen molar-refractivity contribution in [1.29, 1.82) is 0 Å². The second-order valence-electron chi connectivity index (χ2n) is 4.22. The molecule has 0 aliphatic heterocycles. The molecule has 1 aromatic carbocycles. The standard InChI is InChI=1S/C15H15ClN2O3/c1-20-12-3-4-14(21-2)10(7-12)9-18-15(19)13-8-11(16)5-6-17-13/h3-8H,9H2,1-2H3,(H,18,19). The molecule has 6 heteroatoms. The van der Waals surface area contributed by atoms with Crippen LogP contribution in [-0.4, -0.2) is 25.1 Å². The quantitative estimate of drug-likeness (QED) is 0.922. The van der Waals surface area contributed by atoms with Gasteiger partial charge in [0, 0.05) is 23.3 Å². The van der Waals surface area contributed by atoms with Crippen molar-refractivity contribution >= 4 is 17.5 Å². The number of hydrogen-bond acceptors (Lipinski definition) is 4. The molecule has 2 rings (SSSR count). The molecule has 0 aliphatic rings. The number of rotatable bonds is 5. The number of nitrogens with one attached hydrogen (secondary N) is 1. The number of ether oxygens (including phenoxy) is 2. The van der Waals surface area contributed by atoms with E-state index in [1.54, 1.807) is 32.4 Å². The SMILES string of the molecule is COc1ccc(OC)c(CNC(=O)c2cc(Cl)ccn2)c1. The Morgan fingerprint density at radius 1 is 1.24 bits per heavy atom. The fourth-order valence-electron chi connectivity index (χ4n) is 1.82. The molecular formula is C15H15ClN2O3. The van der Waals surface area contributed by atoms with E-state index in [4.69, 9.17) is 21.1 Å². The second kappa shape index (κ2) is 6.95. The number of methoxy groups -OCH3 is 2. The van der Waals surface area contributed by atoms with Crippen LogP contribution in [-0.2, 0) is 6.54 Å². The third kappa shape index (κ3) is 3.86. The number of halogens is 1. The fraction of sp³-hybridized carbons (Fsp3) is 0.200. The Balaban J connectivity index is 2.10. The first-order valence-electron chi connectivity index (χ1n) is 6.24. The summed E-state index contributed by atoms with van der Waals surface area (Å²) in [4.78, 5) is 16.0. The number of amides is 1. The van der Waals surface area contributed by atoms with E-state index in [1.807, 2.05) is 6.07 Å². The van der Waals surface area contributed by atoms with Crippen LogP contribution in [0.15, 0.2) is 36.5 Å². The van der Waals surface area contributed by atoms with Crippen molar-refractivity contribution in [1.82, 2.24) is 10.3 Å². The van der Waals surface area contributed by atoms with Gasteiger partial charge < -0.3 is 14.8 Å². The van der Waals surface area contributed by atoms with Gasteiger partial charge in [-0.15, -0.1) is 0 Å². The van der Waals surface area contributed by atoms with Crippen LogP contribution in [0.2, 0.25) is 5.02 Å². The minimum Gasteiger partial charge on any atom is -0.497 e. The summed E-state index contributed by atoms with van der Waals surface area (Å²) in [6, 6.07) is 8.52. The smallest absolute Gasteiger partial charge is 0.270 e. The molecule has 110 valence electrons. The molecule has 1 heterocycles. The lowest BCUT2D eigenvalue weighted by Gasteiger charge is -2.11. The first-order valence-corrected chi connectivity index (χ1v) is 6.62. The lowest BCUT2D eigenvalue weighted by Crippen LogP contribution is -2.24. The predicted octanol–water partition coefficient (Wildman–Crippen LogP) is 2.68. The largest absolute Gasteiger partial charge is 0.497 e. The normalized spacial score (nSPS) is 10.0. The molecule has 1 N–H and O–H groups in total. The van der Waals surface area contributed by atoms with Crippen LogP contribution in [0.5, 0.6) is 11.5 Å². The number of nitrogens with zero attached hydrogens (tertiary/aromatic N) is 1. The van der Waals surface area contributed by atoms with E-state index in [0.717, 1.165) is 5.56 Å². The summed E-state index contributed by atoms with van der Waals surface area (Å²) in [7, 11) is 3.16. The molecule has 0 spiro atoms. The molecule has 0 fully saturated rings. The predicted molar refractivity (Wildman–Crippen MR) is 80.0 cm³/mol. The minimum absolute atomic E-state index is 0.268. The summed E-state index contributed by atoms with van der Waals surface area (Å²) >= 11 is 5.84. The summed E-state index contributed by atoms with van der Waals surface area (Å²) in [6.45, 7) is 0.299. The van der Waals surface area contributed by atoms with Crippen LogP contribution < -0.4 is 14.8 Å². The van der Waals surface area contributed by atoms with Crippen molar-refractivity contribution in [3.8, 4) is 11.5 Å². The van der Waals surface area contributed by atoms with Gasteiger partial charge in [-0.3, -0.25) is 9.78 Å². The molecule has 0 atom stereocenters. The first-order chi connectivity index (χ1) is 10.1. The second-order valence-corrected chi connectivity index (χ2v) is 4.66. The van der Waals surface area contributed by atoms with Crippen molar-refractivity contribution in [3.63, 3.8) is 0 Å². The third-order valence-corrected chi connectivity index (χ3v) is 3.12. The monoisotopic (exact) mass is 306 g/mol. The van der Waals surface area contributed by atoms with E-state index >= 15 is 0 Å². The van der Waals surface area contributed by atoms with Crippen LogP contribution in [0.1, 0.15) is 16.1 Å². The lowest BCUT2D eigenvalue weighted by molar-refractivity contribution is 0.0945. The molecule has 0 aliphatic carbocycles. The van der Waals surface area contributed by atoms with Crippen molar-refractivity contribution < 1.29 is 14.3 Å². The Labute approximate surface area is 127 Å². The highest BCUT2D eigenvalue weighted by Gasteiger charge is 2.10. The number of hydrogen-bond donors (Lipinski definition) is 1. The van der Waals surface area contributed by atoms with Gasteiger partial charge in [0.15, 0.2) is 0 Å². The van der Waals surface area contributed by atoms with Crippen molar-refractivity contribution in [3.05, 3.63) is 52.8 Å². The zero-order valence-electron chi connectivity index (χ0n) is 11.7. The molecule has 0 saturated heterocycles. The summed E-state index contributed by atoms with van der Waals surface area (Å²) in [6.07, 6.45) is 1.49. The third-order valence-electron chi connectivity index (χ3n) is 2.88. The van der Waals surface area contributed by atoms with E-state index < -0.39 is 0 Å². The molecular weight excluding hydrogens is 292 g/mol. The van der Waals surface area contributed by atoms with E-state index in [2.05, 4.69) is 10.3 Å². The van der Waals surface area contributed by atoms with Gasteiger partial charge in [-0.25, -0.2) is 0 Å². The van der Waals surface area contributed by atoms with E-state index in [9.17, 15) is 4.79 Å². The van der Waals surface area contributed by atoms with Gasteiger partial charge in [0.2, 0.25) is 0 Å². The van der Waals surface area contributed by atoms with Gasteiger partial charge in [0.05, 0.1) is 14.2 Å². The zero-order chi connectivity index (χ0) is 15.2. The molecule has 0 unspecified atom stereocenters. The van der Waals surface area contributed by atoms with Crippen LogP contribution in [0.3, 0.4) is 0 Å². The highest BCUT2D eigenvalue weighted by Crippen LogP contribution is 2.23. The van der Waals surface area contributed by atoms with E-state index in [-0.39, 0.29) is 11.6 Å². The number of carbonyl (C=O) groups is 1. The maximum atomic E-state index is 12.0. The van der Waals surface area contributed by atoms with E-state index in [0.29, 0.717) is 23.1 Å². The highest BCUT2D eigenvalue weighted by molar-refractivity contribution is 6.30. The number of pyridine rings is 1. The molecule has 2 aromatic rings. The van der Waals surface area contributed by atoms with Crippen LogP contribution >= 0.6 is 11.6 Å². The molecule has 21 heavy (non-hydrogen) atoms. The van der Waals surface area contributed by atoms with Gasteiger partial charge in [-0.2, -0.15) is 0 Å². The average Bonchev–Trinajstić information content (AvgIpc) is 2.52. The van der Waals surface area contributed by atoms with Gasteiger partial charge in [0.25, 0.3) is 5.91 Å². The average molecular weight is 307 g/mol. The Kier molecular flexibility index (Phi) is 5.00. The number of carbonyl (C=O) groups excluding carboxylic acids is 1. The lowest BCUT2D eigenvalue weighted by atomic mass is 10.2.